The minimum absolute atomic E-state index is 0. The number of likely N-dealkylation sites (tertiary alicyclic amines) is 1. The molecule has 0 radical (unpaired) electrons. The van der Waals surface area contributed by atoms with Crippen molar-refractivity contribution in [3.05, 3.63) is 30.3 Å². The minimum atomic E-state index is -0.0110. The summed E-state index contributed by atoms with van der Waals surface area (Å²) in [5, 5.41) is 2.97. The zero-order valence-corrected chi connectivity index (χ0v) is 15.3. The summed E-state index contributed by atoms with van der Waals surface area (Å²) < 4.78 is 0. The van der Waals surface area contributed by atoms with Gasteiger partial charge in [-0.2, -0.15) is 0 Å². The molecule has 25 heavy (non-hydrogen) atoms. The van der Waals surface area contributed by atoms with Gasteiger partial charge in [0, 0.05) is 30.6 Å². The van der Waals surface area contributed by atoms with E-state index in [2.05, 4.69) is 5.32 Å². The highest BCUT2D eigenvalue weighted by Gasteiger charge is 2.36. The fraction of sp³-hybridized carbons (Fsp3) is 0.579. The number of halogens is 1. The molecule has 1 aromatic carbocycles. The number of amides is 2. The summed E-state index contributed by atoms with van der Waals surface area (Å²) in [6.45, 7) is 1.96. The number of hydrogen-bond donors (Lipinski definition) is 2. The number of hydrogen-bond acceptors (Lipinski definition) is 3. The summed E-state index contributed by atoms with van der Waals surface area (Å²) in [5.41, 5.74) is 6.63. The van der Waals surface area contributed by atoms with E-state index in [4.69, 9.17) is 5.73 Å². The molecule has 6 heteroatoms. The maximum Gasteiger partial charge on any atom is 0.227 e. The molecule has 1 aromatic rings. The molecule has 0 unspecified atom stereocenters. The van der Waals surface area contributed by atoms with Crippen LogP contribution in [0.2, 0.25) is 0 Å². The van der Waals surface area contributed by atoms with Crippen LogP contribution in [0, 0.1) is 17.8 Å². The first-order valence-electron chi connectivity index (χ1n) is 9.04. The number of piperidine rings is 1. The van der Waals surface area contributed by atoms with E-state index in [9.17, 15) is 9.59 Å². The highest BCUT2D eigenvalue weighted by atomic mass is 35.5. The first kappa shape index (κ1) is 19.7. The van der Waals surface area contributed by atoms with Gasteiger partial charge < -0.3 is 16.0 Å². The first-order valence-corrected chi connectivity index (χ1v) is 9.04. The minimum Gasteiger partial charge on any atom is -0.342 e. The molecule has 2 atom stereocenters. The predicted molar refractivity (Wildman–Crippen MR) is 102 cm³/mol. The standard InChI is InChI=1S/C19H27N3O2.ClH/c20-13-15-5-4-8-17(15)19(24)22-11-9-14(10-12-22)18(23)21-16-6-2-1-3-7-16;/h1-3,6-7,14-15,17H,4-5,8-13,20H2,(H,21,23);1H/t15-,17-;/m1./s1. The van der Waals surface area contributed by atoms with Gasteiger partial charge in [0.1, 0.15) is 0 Å². The van der Waals surface area contributed by atoms with Gasteiger partial charge in [0.05, 0.1) is 0 Å². The Balaban J connectivity index is 0.00000225. The number of nitrogens with one attached hydrogen (secondary N) is 1. The van der Waals surface area contributed by atoms with Gasteiger partial charge in [0.15, 0.2) is 0 Å². The summed E-state index contributed by atoms with van der Waals surface area (Å²) in [4.78, 5) is 27.0. The fourth-order valence-corrected chi connectivity index (χ4v) is 4.01. The van der Waals surface area contributed by atoms with E-state index < -0.39 is 0 Å². The van der Waals surface area contributed by atoms with Crippen LogP contribution in [0.15, 0.2) is 30.3 Å². The lowest BCUT2D eigenvalue weighted by Crippen LogP contribution is -2.45. The van der Waals surface area contributed by atoms with Gasteiger partial charge in [-0.1, -0.05) is 24.6 Å². The number of benzene rings is 1. The van der Waals surface area contributed by atoms with Crippen LogP contribution in [-0.2, 0) is 9.59 Å². The summed E-state index contributed by atoms with van der Waals surface area (Å²) >= 11 is 0. The normalized spacial score (nSPS) is 23.8. The molecule has 0 bridgehead atoms. The van der Waals surface area contributed by atoms with Gasteiger partial charge in [-0.15, -0.1) is 12.4 Å². The van der Waals surface area contributed by atoms with E-state index in [0.29, 0.717) is 25.6 Å². The Morgan fingerprint density at radius 2 is 1.76 bits per heavy atom. The molecule has 0 spiro atoms. The molecule has 5 nitrogen and oxygen atoms in total. The number of nitrogens with two attached hydrogens (primary N) is 1. The van der Waals surface area contributed by atoms with E-state index in [1.165, 1.54) is 0 Å². The van der Waals surface area contributed by atoms with Crippen LogP contribution in [0.5, 0.6) is 0 Å². The molecule has 1 saturated carbocycles. The van der Waals surface area contributed by atoms with Crippen LogP contribution in [0.3, 0.4) is 0 Å². The molecule has 3 rings (SSSR count). The Labute approximate surface area is 155 Å². The molecule has 1 saturated heterocycles. The third-order valence-corrected chi connectivity index (χ3v) is 5.50. The van der Waals surface area contributed by atoms with Crippen molar-refractivity contribution in [2.45, 2.75) is 32.1 Å². The molecule has 0 aromatic heterocycles. The monoisotopic (exact) mass is 365 g/mol. The van der Waals surface area contributed by atoms with Crippen LogP contribution in [0.4, 0.5) is 5.69 Å². The van der Waals surface area contributed by atoms with Gasteiger partial charge in [-0.25, -0.2) is 0 Å². The Bertz CT molecular complexity index is 573. The fourth-order valence-electron chi connectivity index (χ4n) is 4.01. The molecule has 1 aliphatic heterocycles. The lowest BCUT2D eigenvalue weighted by atomic mass is 9.91. The zero-order chi connectivity index (χ0) is 16.9. The molecular weight excluding hydrogens is 338 g/mol. The predicted octanol–water partition coefficient (Wildman–Crippen LogP) is 2.66. The second kappa shape index (κ2) is 9.20. The van der Waals surface area contributed by atoms with Crippen molar-refractivity contribution >= 4 is 29.9 Å². The number of anilines is 1. The topological polar surface area (TPSA) is 75.4 Å². The van der Waals surface area contributed by atoms with Crippen molar-refractivity contribution in [1.29, 1.82) is 0 Å². The molecule has 138 valence electrons. The molecular formula is C19H28ClN3O2. The van der Waals surface area contributed by atoms with E-state index in [0.717, 1.165) is 37.8 Å². The second-order valence-electron chi connectivity index (χ2n) is 6.99. The highest BCUT2D eigenvalue weighted by molar-refractivity contribution is 5.92. The number of carbonyl (C=O) groups is 2. The molecule has 2 aliphatic rings. The van der Waals surface area contributed by atoms with Crippen molar-refractivity contribution in [3.8, 4) is 0 Å². The summed E-state index contributed by atoms with van der Waals surface area (Å²) in [6, 6.07) is 9.53. The maximum atomic E-state index is 12.7. The van der Waals surface area contributed by atoms with Crippen molar-refractivity contribution in [2.24, 2.45) is 23.5 Å². The third kappa shape index (κ3) is 4.73. The largest absolute Gasteiger partial charge is 0.342 e. The number of carbonyl (C=O) groups excluding carboxylic acids is 2. The van der Waals surface area contributed by atoms with Crippen molar-refractivity contribution in [3.63, 3.8) is 0 Å². The van der Waals surface area contributed by atoms with E-state index in [1.54, 1.807) is 0 Å². The van der Waals surface area contributed by atoms with Crippen LogP contribution < -0.4 is 11.1 Å². The van der Waals surface area contributed by atoms with Crippen molar-refractivity contribution in [1.82, 2.24) is 4.90 Å². The average Bonchev–Trinajstić information content (AvgIpc) is 3.11. The summed E-state index contributed by atoms with van der Waals surface area (Å²) in [5.74, 6) is 0.753. The molecule has 2 fully saturated rings. The van der Waals surface area contributed by atoms with Crippen LogP contribution >= 0.6 is 12.4 Å². The lowest BCUT2D eigenvalue weighted by Gasteiger charge is -2.34. The zero-order valence-electron chi connectivity index (χ0n) is 14.5. The molecule has 1 aliphatic carbocycles. The van der Waals surface area contributed by atoms with Gasteiger partial charge >= 0.3 is 0 Å². The Morgan fingerprint density at radius 1 is 1.08 bits per heavy atom. The third-order valence-electron chi connectivity index (χ3n) is 5.50. The molecule has 3 N–H and O–H groups in total. The smallest absolute Gasteiger partial charge is 0.227 e. The second-order valence-corrected chi connectivity index (χ2v) is 6.99. The average molecular weight is 366 g/mol. The SMILES string of the molecule is Cl.NC[C@H]1CCC[C@H]1C(=O)N1CCC(C(=O)Nc2ccccc2)CC1. The summed E-state index contributed by atoms with van der Waals surface area (Å²) in [7, 11) is 0. The number of nitrogens with zero attached hydrogens (tertiary/aromatic N) is 1. The van der Waals surface area contributed by atoms with Crippen LogP contribution in [-0.4, -0.2) is 36.3 Å². The quantitative estimate of drug-likeness (QED) is 0.861. The van der Waals surface area contributed by atoms with E-state index >= 15 is 0 Å². The van der Waals surface area contributed by atoms with Gasteiger partial charge in [0.25, 0.3) is 0 Å². The van der Waals surface area contributed by atoms with Gasteiger partial charge in [-0.3, -0.25) is 9.59 Å². The lowest BCUT2D eigenvalue weighted by molar-refractivity contribution is -0.139. The molecule has 1 heterocycles. The highest BCUT2D eigenvalue weighted by Crippen LogP contribution is 2.33. The summed E-state index contributed by atoms with van der Waals surface area (Å²) in [6.07, 6.45) is 4.63. The Hall–Kier alpha value is -1.59. The number of para-hydroxylation sites is 1. The van der Waals surface area contributed by atoms with E-state index in [-0.39, 0.29) is 36.1 Å². The van der Waals surface area contributed by atoms with Crippen molar-refractivity contribution < 1.29 is 9.59 Å². The number of rotatable bonds is 4. The maximum absolute atomic E-state index is 12.7. The Kier molecular flexibility index (Phi) is 7.26. The van der Waals surface area contributed by atoms with Crippen molar-refractivity contribution in [2.75, 3.05) is 25.0 Å². The van der Waals surface area contributed by atoms with E-state index in [1.807, 2.05) is 35.2 Å². The van der Waals surface area contributed by atoms with Crippen LogP contribution in [0.25, 0.3) is 0 Å². The first-order chi connectivity index (χ1) is 11.7. The van der Waals surface area contributed by atoms with Gasteiger partial charge in [0.2, 0.25) is 11.8 Å². The molecule has 2 amide bonds. The van der Waals surface area contributed by atoms with Crippen LogP contribution in [0.1, 0.15) is 32.1 Å². The van der Waals surface area contributed by atoms with Gasteiger partial charge in [-0.05, 0) is 50.3 Å². The Morgan fingerprint density at radius 3 is 2.40 bits per heavy atom.